The van der Waals surface area contributed by atoms with E-state index in [0.29, 0.717) is 28.6 Å². The van der Waals surface area contributed by atoms with Crippen LogP contribution in [0.2, 0.25) is 0 Å². The van der Waals surface area contributed by atoms with Gasteiger partial charge < -0.3 is 18.9 Å². The molecule has 0 aliphatic carbocycles. The highest BCUT2D eigenvalue weighted by molar-refractivity contribution is 6.05. The van der Waals surface area contributed by atoms with Crippen LogP contribution in [0.4, 0.5) is 0 Å². The molecule has 0 aromatic heterocycles. The van der Waals surface area contributed by atoms with Gasteiger partial charge in [-0.3, -0.25) is 4.79 Å². The van der Waals surface area contributed by atoms with Gasteiger partial charge in [0.1, 0.15) is 5.92 Å². The number of hydrogen-bond acceptors (Lipinski definition) is 6. The smallest absolute Gasteiger partial charge is 0.188 e. The molecule has 1 atom stereocenters. The fourth-order valence-electron chi connectivity index (χ4n) is 2.55. The second-order valence-corrected chi connectivity index (χ2v) is 5.08. The lowest BCUT2D eigenvalue weighted by atomic mass is 9.91. The van der Waals surface area contributed by atoms with Crippen molar-refractivity contribution in [1.29, 1.82) is 5.26 Å². The molecule has 2 aromatic carbocycles. The molecule has 2 aromatic rings. The number of rotatable bonds is 7. The number of ether oxygens (including phenoxy) is 4. The summed E-state index contributed by atoms with van der Waals surface area (Å²) < 4.78 is 21.0. The van der Waals surface area contributed by atoms with Gasteiger partial charge in [-0.25, -0.2) is 0 Å². The molecule has 0 aliphatic rings. The van der Waals surface area contributed by atoms with E-state index in [1.807, 2.05) is 0 Å². The Morgan fingerprint density at radius 1 is 0.920 bits per heavy atom. The number of carbonyl (C=O) groups is 1. The zero-order valence-corrected chi connectivity index (χ0v) is 14.5. The van der Waals surface area contributed by atoms with E-state index in [4.69, 9.17) is 18.9 Å². The molecule has 0 N–H and O–H groups in total. The standard InChI is InChI=1S/C19H19NO5/c1-22-15-9-8-12(10-17(15)24-3)14(11-20)18(21)13-6-5-7-16(23-2)19(13)25-4/h5-10,14H,1-4H3. The zero-order chi connectivity index (χ0) is 18.4. The lowest BCUT2D eigenvalue weighted by Crippen LogP contribution is -2.13. The molecular formula is C19H19NO5. The van der Waals surface area contributed by atoms with Crippen molar-refractivity contribution in [2.75, 3.05) is 28.4 Å². The summed E-state index contributed by atoms with van der Waals surface area (Å²) in [6.45, 7) is 0. The highest BCUT2D eigenvalue weighted by atomic mass is 16.5. The molecule has 2 rings (SSSR count). The summed E-state index contributed by atoms with van der Waals surface area (Å²) in [7, 11) is 5.95. The number of carbonyl (C=O) groups excluding carboxylic acids is 1. The van der Waals surface area contributed by atoms with Gasteiger partial charge in [-0.1, -0.05) is 12.1 Å². The van der Waals surface area contributed by atoms with Crippen molar-refractivity contribution in [3.63, 3.8) is 0 Å². The van der Waals surface area contributed by atoms with E-state index in [1.54, 1.807) is 36.4 Å². The average molecular weight is 341 g/mol. The summed E-state index contributed by atoms with van der Waals surface area (Å²) in [6, 6.07) is 12.0. The Hall–Kier alpha value is -3.20. The van der Waals surface area contributed by atoms with E-state index in [-0.39, 0.29) is 11.3 Å². The first-order valence-electron chi connectivity index (χ1n) is 7.48. The molecule has 0 fully saturated rings. The van der Waals surface area contributed by atoms with Crippen molar-refractivity contribution in [3.8, 4) is 29.1 Å². The molecule has 6 nitrogen and oxygen atoms in total. The van der Waals surface area contributed by atoms with Gasteiger partial charge in [0, 0.05) is 0 Å². The first kappa shape index (κ1) is 18.1. The van der Waals surface area contributed by atoms with Crippen molar-refractivity contribution >= 4 is 5.78 Å². The Morgan fingerprint density at radius 3 is 2.16 bits per heavy atom. The molecule has 0 bridgehead atoms. The maximum absolute atomic E-state index is 12.9. The molecular weight excluding hydrogens is 322 g/mol. The third-order valence-electron chi connectivity index (χ3n) is 3.80. The van der Waals surface area contributed by atoms with E-state index < -0.39 is 5.92 Å². The third kappa shape index (κ3) is 3.50. The van der Waals surface area contributed by atoms with Gasteiger partial charge in [-0.15, -0.1) is 0 Å². The Bertz CT molecular complexity index is 810. The summed E-state index contributed by atoms with van der Waals surface area (Å²) in [5, 5.41) is 9.58. The van der Waals surface area contributed by atoms with Crippen LogP contribution in [-0.2, 0) is 0 Å². The number of nitriles is 1. The number of hydrogen-bond donors (Lipinski definition) is 0. The van der Waals surface area contributed by atoms with Crippen LogP contribution in [0.15, 0.2) is 36.4 Å². The van der Waals surface area contributed by atoms with Crippen molar-refractivity contribution in [2.24, 2.45) is 0 Å². The summed E-state index contributed by atoms with van der Waals surface area (Å²) in [5.74, 6) is 0.305. The van der Waals surface area contributed by atoms with Gasteiger partial charge >= 0.3 is 0 Å². The number of ketones is 1. The Kier molecular flexibility index (Phi) is 5.85. The largest absolute Gasteiger partial charge is 0.493 e. The Balaban J connectivity index is 2.49. The molecule has 0 saturated carbocycles. The van der Waals surface area contributed by atoms with Crippen LogP contribution in [0, 0.1) is 11.3 Å². The second kappa shape index (κ2) is 8.06. The summed E-state index contributed by atoms with van der Waals surface area (Å²) in [6.07, 6.45) is 0. The number of benzene rings is 2. The minimum Gasteiger partial charge on any atom is -0.493 e. The van der Waals surface area contributed by atoms with Crippen molar-refractivity contribution in [2.45, 2.75) is 5.92 Å². The minimum absolute atomic E-state index is 0.281. The molecule has 0 heterocycles. The van der Waals surface area contributed by atoms with Gasteiger partial charge in [-0.05, 0) is 29.8 Å². The highest BCUT2D eigenvalue weighted by Gasteiger charge is 2.27. The Labute approximate surface area is 146 Å². The lowest BCUT2D eigenvalue weighted by molar-refractivity contribution is 0.0975. The first-order valence-corrected chi connectivity index (χ1v) is 7.48. The molecule has 6 heteroatoms. The summed E-state index contributed by atoms with van der Waals surface area (Å²) >= 11 is 0. The summed E-state index contributed by atoms with van der Waals surface area (Å²) in [4.78, 5) is 12.9. The molecule has 1 unspecified atom stereocenters. The maximum Gasteiger partial charge on any atom is 0.188 e. The number of nitrogens with zero attached hydrogens (tertiary/aromatic N) is 1. The van der Waals surface area contributed by atoms with E-state index in [0.717, 1.165) is 0 Å². The van der Waals surface area contributed by atoms with Crippen LogP contribution in [0.1, 0.15) is 21.8 Å². The Morgan fingerprint density at radius 2 is 1.60 bits per heavy atom. The molecule has 0 spiro atoms. The van der Waals surface area contributed by atoms with Crippen LogP contribution in [0.3, 0.4) is 0 Å². The fourth-order valence-corrected chi connectivity index (χ4v) is 2.55. The monoisotopic (exact) mass is 341 g/mol. The van der Waals surface area contributed by atoms with Crippen molar-refractivity contribution in [3.05, 3.63) is 47.5 Å². The number of para-hydroxylation sites is 1. The van der Waals surface area contributed by atoms with Gasteiger partial charge in [0.25, 0.3) is 0 Å². The van der Waals surface area contributed by atoms with E-state index in [9.17, 15) is 10.1 Å². The van der Waals surface area contributed by atoms with Gasteiger partial charge in [-0.2, -0.15) is 5.26 Å². The van der Waals surface area contributed by atoms with Crippen LogP contribution in [0.5, 0.6) is 23.0 Å². The zero-order valence-electron chi connectivity index (χ0n) is 14.5. The van der Waals surface area contributed by atoms with Gasteiger partial charge in [0.2, 0.25) is 0 Å². The molecule has 0 saturated heterocycles. The lowest BCUT2D eigenvalue weighted by Gasteiger charge is -2.15. The van der Waals surface area contributed by atoms with Crippen LogP contribution < -0.4 is 18.9 Å². The van der Waals surface area contributed by atoms with E-state index >= 15 is 0 Å². The quantitative estimate of drug-likeness (QED) is 0.720. The maximum atomic E-state index is 12.9. The predicted molar refractivity (Wildman–Crippen MR) is 91.8 cm³/mol. The minimum atomic E-state index is -1.01. The molecule has 0 amide bonds. The summed E-state index contributed by atoms with van der Waals surface area (Å²) in [5.41, 5.74) is 0.790. The first-order chi connectivity index (χ1) is 12.1. The van der Waals surface area contributed by atoms with E-state index in [1.165, 1.54) is 28.4 Å². The topological polar surface area (TPSA) is 77.8 Å². The van der Waals surface area contributed by atoms with Crippen molar-refractivity contribution < 1.29 is 23.7 Å². The predicted octanol–water partition coefficient (Wildman–Crippen LogP) is 3.21. The SMILES string of the molecule is COc1ccc(C(C#N)C(=O)c2cccc(OC)c2OC)cc1OC. The van der Waals surface area contributed by atoms with Crippen LogP contribution >= 0.6 is 0 Å². The molecule has 130 valence electrons. The average Bonchev–Trinajstić information content (AvgIpc) is 2.67. The van der Waals surface area contributed by atoms with Gasteiger partial charge in [0.05, 0.1) is 40.1 Å². The number of methoxy groups -OCH3 is 4. The normalized spacial score (nSPS) is 11.2. The van der Waals surface area contributed by atoms with Crippen LogP contribution in [-0.4, -0.2) is 34.2 Å². The second-order valence-electron chi connectivity index (χ2n) is 5.08. The van der Waals surface area contributed by atoms with Crippen molar-refractivity contribution in [1.82, 2.24) is 0 Å². The number of Topliss-reactive ketones (excluding diaryl/α,β-unsaturated/α-hetero) is 1. The van der Waals surface area contributed by atoms with Gasteiger partial charge in [0.15, 0.2) is 28.8 Å². The van der Waals surface area contributed by atoms with Crippen LogP contribution in [0.25, 0.3) is 0 Å². The third-order valence-corrected chi connectivity index (χ3v) is 3.80. The van der Waals surface area contributed by atoms with E-state index in [2.05, 4.69) is 6.07 Å². The molecule has 25 heavy (non-hydrogen) atoms. The fraction of sp³-hybridized carbons (Fsp3) is 0.263. The molecule has 0 radical (unpaired) electrons. The highest BCUT2D eigenvalue weighted by Crippen LogP contribution is 2.36. The molecule has 0 aliphatic heterocycles.